The predicted molar refractivity (Wildman–Crippen MR) is 93.1 cm³/mol. The van der Waals surface area contributed by atoms with E-state index in [1.165, 1.54) is 11.1 Å². The molecule has 0 amide bonds. The Morgan fingerprint density at radius 3 is 2.57 bits per heavy atom. The molecular weight excluding hydrogens is 284 g/mol. The van der Waals surface area contributed by atoms with Gasteiger partial charge >= 0.3 is 0 Å². The zero-order chi connectivity index (χ0) is 16.1. The molecule has 1 aromatic heterocycles. The zero-order valence-electron chi connectivity index (χ0n) is 13.7. The number of rotatable bonds is 6. The SMILES string of the molecule is CCNCc1nn(Cc2cccc(C)c2)nc1-c1ccccc1. The smallest absolute Gasteiger partial charge is 0.117 e. The number of hydrogen-bond acceptors (Lipinski definition) is 3. The number of aromatic nitrogens is 3. The van der Waals surface area contributed by atoms with Gasteiger partial charge in [-0.1, -0.05) is 67.1 Å². The minimum absolute atomic E-state index is 0.688. The van der Waals surface area contributed by atoms with Gasteiger partial charge in [-0.3, -0.25) is 0 Å². The van der Waals surface area contributed by atoms with Crippen molar-refractivity contribution in [2.75, 3.05) is 6.54 Å². The molecule has 0 saturated carbocycles. The largest absolute Gasteiger partial charge is 0.311 e. The third-order valence-electron chi connectivity index (χ3n) is 3.72. The normalized spacial score (nSPS) is 10.9. The summed E-state index contributed by atoms with van der Waals surface area (Å²) in [6, 6.07) is 18.7. The third-order valence-corrected chi connectivity index (χ3v) is 3.72. The Kier molecular flexibility index (Phi) is 4.83. The van der Waals surface area contributed by atoms with Gasteiger partial charge in [0.25, 0.3) is 0 Å². The Bertz CT molecular complexity index is 762. The van der Waals surface area contributed by atoms with Gasteiger partial charge in [0.1, 0.15) is 11.4 Å². The summed E-state index contributed by atoms with van der Waals surface area (Å²) in [5, 5.41) is 12.8. The lowest BCUT2D eigenvalue weighted by Gasteiger charge is -2.01. The quantitative estimate of drug-likeness (QED) is 0.759. The molecule has 0 aliphatic carbocycles. The molecule has 2 aromatic carbocycles. The van der Waals surface area contributed by atoms with Crippen LogP contribution in [0.1, 0.15) is 23.7 Å². The van der Waals surface area contributed by atoms with Crippen LogP contribution in [0, 0.1) is 6.92 Å². The lowest BCUT2D eigenvalue weighted by atomic mass is 10.1. The van der Waals surface area contributed by atoms with Gasteiger partial charge in [-0.05, 0) is 19.0 Å². The van der Waals surface area contributed by atoms with E-state index in [0.29, 0.717) is 6.54 Å². The van der Waals surface area contributed by atoms with E-state index < -0.39 is 0 Å². The number of nitrogens with zero attached hydrogens (tertiary/aromatic N) is 3. The van der Waals surface area contributed by atoms with Crippen molar-refractivity contribution in [3.05, 3.63) is 71.4 Å². The minimum atomic E-state index is 0.688. The van der Waals surface area contributed by atoms with Gasteiger partial charge in [0.2, 0.25) is 0 Å². The summed E-state index contributed by atoms with van der Waals surface area (Å²) in [5.41, 5.74) is 5.53. The van der Waals surface area contributed by atoms with Gasteiger partial charge in [0.15, 0.2) is 0 Å². The van der Waals surface area contributed by atoms with E-state index in [1.54, 1.807) is 4.80 Å². The standard InChI is InChI=1S/C19H22N4/c1-3-20-13-18-19(17-10-5-4-6-11-17)22-23(21-18)14-16-9-7-8-15(2)12-16/h4-12,20H,3,13-14H2,1-2H3. The van der Waals surface area contributed by atoms with Crippen LogP contribution in [0.15, 0.2) is 54.6 Å². The molecule has 1 heterocycles. The second-order valence-corrected chi connectivity index (χ2v) is 5.66. The van der Waals surface area contributed by atoms with Gasteiger partial charge in [0.05, 0.1) is 6.54 Å². The molecule has 0 saturated heterocycles. The van der Waals surface area contributed by atoms with Crippen molar-refractivity contribution in [1.29, 1.82) is 0 Å². The average Bonchev–Trinajstić information content (AvgIpc) is 2.96. The van der Waals surface area contributed by atoms with Crippen molar-refractivity contribution in [3.63, 3.8) is 0 Å². The maximum Gasteiger partial charge on any atom is 0.117 e. The minimum Gasteiger partial charge on any atom is -0.311 e. The summed E-state index contributed by atoms with van der Waals surface area (Å²) in [6.45, 7) is 6.53. The lowest BCUT2D eigenvalue weighted by Crippen LogP contribution is -2.13. The van der Waals surface area contributed by atoms with Crippen LogP contribution in [0.4, 0.5) is 0 Å². The molecule has 23 heavy (non-hydrogen) atoms. The van der Waals surface area contributed by atoms with Crippen LogP contribution in [0.5, 0.6) is 0 Å². The van der Waals surface area contributed by atoms with E-state index in [4.69, 9.17) is 10.2 Å². The first-order valence-corrected chi connectivity index (χ1v) is 8.02. The fourth-order valence-corrected chi connectivity index (χ4v) is 2.61. The Balaban J connectivity index is 1.91. The molecule has 4 nitrogen and oxygen atoms in total. The number of benzene rings is 2. The molecule has 0 aliphatic heterocycles. The van der Waals surface area contributed by atoms with Crippen molar-refractivity contribution in [2.45, 2.75) is 26.9 Å². The molecule has 118 valence electrons. The van der Waals surface area contributed by atoms with Gasteiger partial charge in [-0.15, -0.1) is 0 Å². The highest BCUT2D eigenvalue weighted by Crippen LogP contribution is 2.20. The summed E-state index contributed by atoms with van der Waals surface area (Å²) >= 11 is 0. The summed E-state index contributed by atoms with van der Waals surface area (Å²) in [7, 11) is 0. The van der Waals surface area contributed by atoms with Gasteiger partial charge in [0, 0.05) is 12.1 Å². The van der Waals surface area contributed by atoms with Crippen LogP contribution in [0.25, 0.3) is 11.3 Å². The molecule has 1 N–H and O–H groups in total. The monoisotopic (exact) mass is 306 g/mol. The Labute approximate surface area is 137 Å². The molecule has 0 aliphatic rings. The van der Waals surface area contributed by atoms with Crippen LogP contribution in [0.2, 0.25) is 0 Å². The Morgan fingerprint density at radius 1 is 1.00 bits per heavy atom. The van der Waals surface area contributed by atoms with Crippen molar-refractivity contribution in [3.8, 4) is 11.3 Å². The molecule has 0 fully saturated rings. The number of hydrogen-bond donors (Lipinski definition) is 1. The van der Waals surface area contributed by atoms with Crippen LogP contribution in [-0.2, 0) is 13.1 Å². The van der Waals surface area contributed by atoms with Crippen molar-refractivity contribution >= 4 is 0 Å². The van der Waals surface area contributed by atoms with E-state index in [0.717, 1.165) is 30.0 Å². The first-order chi connectivity index (χ1) is 11.3. The van der Waals surface area contributed by atoms with E-state index in [1.807, 2.05) is 18.2 Å². The molecular formula is C19H22N4. The van der Waals surface area contributed by atoms with Gasteiger partial charge in [-0.25, -0.2) is 0 Å². The highest BCUT2D eigenvalue weighted by molar-refractivity contribution is 5.60. The van der Waals surface area contributed by atoms with Gasteiger partial charge < -0.3 is 5.32 Å². The zero-order valence-corrected chi connectivity index (χ0v) is 13.7. The topological polar surface area (TPSA) is 42.7 Å². The Hall–Kier alpha value is -2.46. The first-order valence-electron chi connectivity index (χ1n) is 8.02. The number of aryl methyl sites for hydroxylation is 1. The maximum atomic E-state index is 4.72. The highest BCUT2D eigenvalue weighted by atomic mass is 15.5. The van der Waals surface area contributed by atoms with Crippen LogP contribution in [0.3, 0.4) is 0 Å². The summed E-state index contributed by atoms with van der Waals surface area (Å²) in [6.07, 6.45) is 0. The molecule has 0 bridgehead atoms. The van der Waals surface area contributed by atoms with E-state index in [-0.39, 0.29) is 0 Å². The van der Waals surface area contributed by atoms with Crippen molar-refractivity contribution in [1.82, 2.24) is 20.3 Å². The first kappa shape index (κ1) is 15.4. The molecule has 3 rings (SSSR count). The molecule has 0 spiro atoms. The second kappa shape index (κ2) is 7.20. The third kappa shape index (κ3) is 3.85. The molecule has 0 unspecified atom stereocenters. The van der Waals surface area contributed by atoms with Crippen molar-refractivity contribution in [2.24, 2.45) is 0 Å². The summed E-state index contributed by atoms with van der Waals surface area (Å²) < 4.78 is 0. The summed E-state index contributed by atoms with van der Waals surface area (Å²) in [5.74, 6) is 0. The van der Waals surface area contributed by atoms with Crippen LogP contribution in [-0.4, -0.2) is 21.5 Å². The predicted octanol–water partition coefficient (Wildman–Crippen LogP) is 3.41. The fourth-order valence-electron chi connectivity index (χ4n) is 2.61. The van der Waals surface area contributed by atoms with Crippen LogP contribution >= 0.6 is 0 Å². The second-order valence-electron chi connectivity index (χ2n) is 5.66. The average molecular weight is 306 g/mol. The molecule has 0 radical (unpaired) electrons. The number of nitrogens with one attached hydrogen (secondary N) is 1. The van der Waals surface area contributed by atoms with E-state index >= 15 is 0 Å². The lowest BCUT2D eigenvalue weighted by molar-refractivity contribution is 0.578. The highest BCUT2D eigenvalue weighted by Gasteiger charge is 2.12. The maximum absolute atomic E-state index is 4.72. The Morgan fingerprint density at radius 2 is 1.83 bits per heavy atom. The van der Waals surface area contributed by atoms with Gasteiger partial charge in [-0.2, -0.15) is 15.0 Å². The van der Waals surface area contributed by atoms with E-state index in [2.05, 4.69) is 55.6 Å². The fraction of sp³-hybridized carbons (Fsp3) is 0.263. The van der Waals surface area contributed by atoms with E-state index in [9.17, 15) is 0 Å². The summed E-state index contributed by atoms with van der Waals surface area (Å²) in [4.78, 5) is 1.80. The van der Waals surface area contributed by atoms with Crippen LogP contribution < -0.4 is 5.32 Å². The van der Waals surface area contributed by atoms with Crippen molar-refractivity contribution < 1.29 is 0 Å². The molecule has 4 heteroatoms. The molecule has 3 aromatic rings. The molecule has 0 atom stereocenters.